The number of rotatable bonds is 5. The Hall–Kier alpha value is -3.42. The number of alkyl halides is 3. The molecule has 0 saturated carbocycles. The van der Waals surface area contributed by atoms with Gasteiger partial charge in [0.1, 0.15) is 0 Å². The van der Waals surface area contributed by atoms with Gasteiger partial charge in [-0.2, -0.15) is 18.3 Å². The van der Waals surface area contributed by atoms with Crippen LogP contribution in [0.5, 0.6) is 0 Å². The molecule has 3 rings (SSSR count). The Morgan fingerprint density at radius 2 is 2.00 bits per heavy atom. The fraction of sp³-hybridized carbons (Fsp3) is 0.190. The van der Waals surface area contributed by atoms with E-state index in [1.54, 1.807) is 50.6 Å². The maximum atomic E-state index is 13.0. The summed E-state index contributed by atoms with van der Waals surface area (Å²) in [6, 6.07) is 8.17. The number of aromatic nitrogens is 3. The van der Waals surface area contributed by atoms with Crippen LogP contribution in [0.15, 0.2) is 61.1 Å². The Kier molecular flexibility index (Phi) is 5.81. The van der Waals surface area contributed by atoms with Crippen LogP contribution in [0.4, 0.5) is 13.2 Å². The van der Waals surface area contributed by atoms with Crippen LogP contribution in [0, 0.1) is 6.92 Å². The van der Waals surface area contributed by atoms with E-state index in [1.807, 2.05) is 6.07 Å². The van der Waals surface area contributed by atoms with Crippen molar-refractivity contribution in [2.75, 3.05) is 0 Å². The van der Waals surface area contributed by atoms with E-state index in [4.69, 9.17) is 0 Å². The van der Waals surface area contributed by atoms with Crippen LogP contribution in [0.3, 0.4) is 0 Å². The number of carbonyl (C=O) groups is 1. The first-order chi connectivity index (χ1) is 13.8. The zero-order valence-corrected chi connectivity index (χ0v) is 15.8. The van der Waals surface area contributed by atoms with Crippen LogP contribution in [0.2, 0.25) is 0 Å². The van der Waals surface area contributed by atoms with Crippen molar-refractivity contribution in [1.82, 2.24) is 20.1 Å². The lowest BCUT2D eigenvalue weighted by Crippen LogP contribution is -2.25. The van der Waals surface area contributed by atoms with Crippen LogP contribution in [-0.2, 0) is 11.0 Å². The average Bonchev–Trinajstić information content (AvgIpc) is 3.08. The summed E-state index contributed by atoms with van der Waals surface area (Å²) in [4.78, 5) is 16.1. The highest BCUT2D eigenvalue weighted by Gasteiger charge is 2.30. The van der Waals surface area contributed by atoms with Crippen LogP contribution in [-0.4, -0.2) is 20.7 Å². The van der Waals surface area contributed by atoms with Crippen molar-refractivity contribution in [1.29, 1.82) is 0 Å². The van der Waals surface area contributed by atoms with E-state index in [2.05, 4.69) is 15.4 Å². The van der Waals surface area contributed by atoms with Gasteiger partial charge in [0.05, 0.1) is 23.5 Å². The summed E-state index contributed by atoms with van der Waals surface area (Å²) in [5.74, 6) is -0.299. The predicted octanol–water partition coefficient (Wildman–Crippen LogP) is 4.49. The van der Waals surface area contributed by atoms with E-state index in [0.29, 0.717) is 16.9 Å². The largest absolute Gasteiger partial charge is 0.416 e. The Labute approximate surface area is 165 Å². The molecule has 0 aliphatic heterocycles. The van der Waals surface area contributed by atoms with Gasteiger partial charge >= 0.3 is 6.18 Å². The second-order valence-corrected chi connectivity index (χ2v) is 6.50. The van der Waals surface area contributed by atoms with Crippen LogP contribution >= 0.6 is 0 Å². The first kappa shape index (κ1) is 20.3. The minimum absolute atomic E-state index is 0.299. The second kappa shape index (κ2) is 8.30. The molecule has 0 aliphatic rings. The Morgan fingerprint density at radius 3 is 2.69 bits per heavy atom. The highest BCUT2D eigenvalue weighted by Crippen LogP contribution is 2.31. The third-order valence-corrected chi connectivity index (χ3v) is 4.40. The number of hydrogen-bond donors (Lipinski definition) is 1. The maximum absolute atomic E-state index is 13.0. The lowest BCUT2D eigenvalue weighted by Gasteiger charge is -2.13. The standard InChI is InChI=1S/C21H19F3N4O/c1-14(27-20(29)9-8-16-5-4-10-25-12-16)19-13-26-28(15(19)2)18-7-3-6-17(11-18)21(22,23)24/h3-14H,1-2H3,(H,27,29). The van der Waals surface area contributed by atoms with Crippen molar-refractivity contribution in [2.24, 2.45) is 0 Å². The molecule has 0 spiro atoms. The van der Waals surface area contributed by atoms with Crippen LogP contribution in [0.1, 0.15) is 35.3 Å². The quantitative estimate of drug-likeness (QED) is 0.642. The summed E-state index contributed by atoms with van der Waals surface area (Å²) in [5.41, 5.74) is 1.72. The van der Waals surface area contributed by atoms with E-state index < -0.39 is 11.7 Å². The SMILES string of the molecule is Cc1c(C(C)NC(=O)C=Cc2cccnc2)cnn1-c1cccc(C(F)(F)F)c1. The van der Waals surface area contributed by atoms with Gasteiger partial charge in [-0.05, 0) is 49.8 Å². The highest BCUT2D eigenvalue weighted by atomic mass is 19.4. The van der Waals surface area contributed by atoms with E-state index in [1.165, 1.54) is 16.8 Å². The van der Waals surface area contributed by atoms with Gasteiger partial charge in [0.15, 0.2) is 0 Å². The lowest BCUT2D eigenvalue weighted by molar-refractivity contribution is -0.137. The number of halogens is 3. The van der Waals surface area contributed by atoms with Gasteiger partial charge in [0, 0.05) is 29.7 Å². The Bertz CT molecular complexity index is 1030. The molecular formula is C21H19F3N4O. The molecule has 29 heavy (non-hydrogen) atoms. The second-order valence-electron chi connectivity index (χ2n) is 6.50. The van der Waals surface area contributed by atoms with Gasteiger partial charge in [-0.1, -0.05) is 12.1 Å². The number of benzene rings is 1. The molecule has 0 radical (unpaired) electrons. The molecule has 1 amide bonds. The number of amides is 1. The molecule has 1 N–H and O–H groups in total. The van der Waals surface area contributed by atoms with Gasteiger partial charge in [0.2, 0.25) is 5.91 Å². The third kappa shape index (κ3) is 4.90. The summed E-state index contributed by atoms with van der Waals surface area (Å²) in [6.45, 7) is 3.53. The molecule has 150 valence electrons. The number of pyridine rings is 1. The molecular weight excluding hydrogens is 381 g/mol. The molecule has 5 nitrogen and oxygen atoms in total. The Balaban J connectivity index is 1.75. The molecule has 1 unspecified atom stereocenters. The van der Waals surface area contributed by atoms with E-state index in [-0.39, 0.29) is 11.9 Å². The van der Waals surface area contributed by atoms with Crippen molar-refractivity contribution in [3.63, 3.8) is 0 Å². The minimum Gasteiger partial charge on any atom is -0.346 e. The van der Waals surface area contributed by atoms with Crippen molar-refractivity contribution in [2.45, 2.75) is 26.1 Å². The summed E-state index contributed by atoms with van der Waals surface area (Å²) in [7, 11) is 0. The van der Waals surface area contributed by atoms with Crippen LogP contribution < -0.4 is 5.32 Å². The number of carbonyl (C=O) groups excluding carboxylic acids is 1. The molecule has 2 heterocycles. The molecule has 2 aromatic heterocycles. The zero-order chi connectivity index (χ0) is 21.0. The molecule has 1 aromatic carbocycles. The fourth-order valence-electron chi connectivity index (χ4n) is 2.91. The molecule has 8 heteroatoms. The monoisotopic (exact) mass is 400 g/mol. The normalized spacial score (nSPS) is 12.9. The predicted molar refractivity (Wildman–Crippen MR) is 103 cm³/mol. The smallest absolute Gasteiger partial charge is 0.346 e. The maximum Gasteiger partial charge on any atom is 0.416 e. The minimum atomic E-state index is -4.43. The van der Waals surface area contributed by atoms with Gasteiger partial charge in [-0.15, -0.1) is 0 Å². The summed E-state index contributed by atoms with van der Waals surface area (Å²) in [6.07, 6.45) is 3.45. The van der Waals surface area contributed by atoms with Crippen molar-refractivity contribution >= 4 is 12.0 Å². The topological polar surface area (TPSA) is 59.8 Å². The van der Waals surface area contributed by atoms with Gasteiger partial charge in [-0.25, -0.2) is 4.68 Å². The molecule has 3 aromatic rings. The van der Waals surface area contributed by atoms with Gasteiger partial charge in [0.25, 0.3) is 0 Å². The van der Waals surface area contributed by atoms with Crippen molar-refractivity contribution in [3.05, 3.63) is 83.4 Å². The third-order valence-electron chi connectivity index (χ3n) is 4.40. The first-order valence-corrected chi connectivity index (χ1v) is 8.86. The average molecular weight is 400 g/mol. The molecule has 0 aliphatic carbocycles. The summed E-state index contributed by atoms with van der Waals surface area (Å²) < 4.78 is 40.3. The fourth-order valence-corrected chi connectivity index (χ4v) is 2.91. The van der Waals surface area contributed by atoms with E-state index in [9.17, 15) is 18.0 Å². The summed E-state index contributed by atoms with van der Waals surface area (Å²) >= 11 is 0. The van der Waals surface area contributed by atoms with Crippen molar-refractivity contribution in [3.8, 4) is 5.69 Å². The lowest BCUT2D eigenvalue weighted by atomic mass is 10.1. The van der Waals surface area contributed by atoms with E-state index in [0.717, 1.165) is 17.7 Å². The molecule has 0 bridgehead atoms. The van der Waals surface area contributed by atoms with Gasteiger partial charge in [-0.3, -0.25) is 9.78 Å². The molecule has 0 saturated heterocycles. The number of hydrogen-bond acceptors (Lipinski definition) is 3. The van der Waals surface area contributed by atoms with Crippen molar-refractivity contribution < 1.29 is 18.0 Å². The van der Waals surface area contributed by atoms with Crippen LogP contribution in [0.25, 0.3) is 11.8 Å². The summed E-state index contributed by atoms with van der Waals surface area (Å²) in [5, 5.41) is 7.03. The molecule has 0 fully saturated rings. The van der Waals surface area contributed by atoms with Gasteiger partial charge < -0.3 is 5.32 Å². The zero-order valence-electron chi connectivity index (χ0n) is 15.8. The number of nitrogens with zero attached hydrogens (tertiary/aromatic N) is 3. The first-order valence-electron chi connectivity index (χ1n) is 8.86. The number of nitrogens with one attached hydrogen (secondary N) is 1. The highest BCUT2D eigenvalue weighted by molar-refractivity contribution is 5.91. The Morgan fingerprint density at radius 1 is 1.21 bits per heavy atom. The molecule has 1 atom stereocenters. The van der Waals surface area contributed by atoms with E-state index >= 15 is 0 Å².